The fraction of sp³-hybridized carbons (Fsp3) is 1.00. The Bertz CT molecular complexity index is 389. The summed E-state index contributed by atoms with van der Waals surface area (Å²) in [5.41, 5.74) is 0. The van der Waals surface area contributed by atoms with Crippen LogP contribution in [0.2, 0.25) is 0 Å². The molecule has 0 heterocycles. The minimum absolute atomic E-state index is 0. The Labute approximate surface area is 193 Å². The van der Waals surface area contributed by atoms with Gasteiger partial charge < -0.3 is 10.6 Å². The Morgan fingerprint density at radius 3 is 1.43 bits per heavy atom. The second-order valence-electron chi connectivity index (χ2n) is 9.81. The van der Waals surface area contributed by atoms with Gasteiger partial charge in [0.15, 0.2) is 0 Å². The van der Waals surface area contributed by atoms with Crippen molar-refractivity contribution in [3.63, 3.8) is 0 Å². The van der Waals surface area contributed by atoms with Gasteiger partial charge in [0.1, 0.15) is 0 Å². The first-order valence-electron chi connectivity index (χ1n) is 12.8. The quantitative estimate of drug-likeness (QED) is 0.297. The Morgan fingerprint density at radius 1 is 0.533 bits per heavy atom. The molecule has 2 N–H and O–H groups in total. The second-order valence-corrected chi connectivity index (χ2v) is 9.81. The van der Waals surface area contributed by atoms with E-state index in [1.165, 1.54) is 12.8 Å². The van der Waals surface area contributed by atoms with E-state index in [-0.39, 0.29) is 2.85 Å². The lowest BCUT2D eigenvalue weighted by Gasteiger charge is -2.35. The van der Waals surface area contributed by atoms with Crippen molar-refractivity contribution in [1.82, 2.24) is 25.3 Å². The highest BCUT2D eigenvalue weighted by Crippen LogP contribution is 2.08. The zero-order chi connectivity index (χ0) is 23.1. The van der Waals surface area contributed by atoms with Gasteiger partial charge in [0.05, 0.1) is 0 Å². The third-order valence-corrected chi connectivity index (χ3v) is 6.61. The fourth-order valence-electron chi connectivity index (χ4n) is 4.25. The summed E-state index contributed by atoms with van der Waals surface area (Å²) in [6.07, 6.45) is 2.44. The van der Waals surface area contributed by atoms with E-state index in [0.717, 1.165) is 52.4 Å². The van der Waals surface area contributed by atoms with Gasteiger partial charge in [0.25, 0.3) is 0 Å². The maximum Gasteiger partial charge on any atom is 0.0115 e. The summed E-state index contributed by atoms with van der Waals surface area (Å²) in [4.78, 5) is 7.86. The molecular formula is C25H61N5. The summed E-state index contributed by atoms with van der Waals surface area (Å²) in [5.74, 6) is 0. The van der Waals surface area contributed by atoms with Crippen LogP contribution in [0.4, 0.5) is 0 Å². The van der Waals surface area contributed by atoms with E-state index in [0.29, 0.717) is 30.2 Å². The average Bonchev–Trinajstić information content (AvgIpc) is 2.69. The predicted molar refractivity (Wildman–Crippen MR) is 140 cm³/mol. The van der Waals surface area contributed by atoms with Gasteiger partial charge in [0.2, 0.25) is 0 Å². The number of hydrogen-bond acceptors (Lipinski definition) is 5. The Morgan fingerprint density at radius 2 is 1.00 bits per heavy atom. The van der Waals surface area contributed by atoms with Crippen LogP contribution in [0.3, 0.4) is 0 Å². The first-order chi connectivity index (χ1) is 14.1. The van der Waals surface area contributed by atoms with Crippen molar-refractivity contribution in [2.24, 2.45) is 0 Å². The van der Waals surface area contributed by atoms with Crippen molar-refractivity contribution in [3.8, 4) is 0 Å². The van der Waals surface area contributed by atoms with E-state index in [4.69, 9.17) is 0 Å². The third-order valence-electron chi connectivity index (χ3n) is 6.61. The molecule has 30 heavy (non-hydrogen) atoms. The third kappa shape index (κ3) is 12.6. The highest BCUT2D eigenvalue weighted by atomic mass is 15.2. The molecule has 5 heteroatoms. The SMILES string of the molecule is CCC(C)N(CCNCCNCCN(C(C)C)C(C)CC)CCN(C(C)C)C(C)C.[HH].[HH]. The molecule has 0 aliphatic carbocycles. The standard InChI is InChI=1S/C25H57N5.2H2/c1-11-24(9)28(19-20-29(21(3)4)22(5)6)17-15-26-13-14-27-16-18-30(23(7)8)25(10)12-2;;/h21-27H,11-20H2,1-10H3;2*1H. The van der Waals surface area contributed by atoms with Crippen molar-refractivity contribution >= 4 is 0 Å². The maximum absolute atomic E-state index is 3.64. The lowest BCUT2D eigenvalue weighted by Crippen LogP contribution is -2.46. The minimum Gasteiger partial charge on any atom is -0.314 e. The molecule has 0 radical (unpaired) electrons. The fourth-order valence-corrected chi connectivity index (χ4v) is 4.25. The molecule has 0 aromatic rings. The topological polar surface area (TPSA) is 33.8 Å². The van der Waals surface area contributed by atoms with E-state index in [2.05, 4.69) is 94.6 Å². The highest BCUT2D eigenvalue weighted by Gasteiger charge is 2.17. The number of nitrogens with zero attached hydrogens (tertiary/aromatic N) is 3. The monoisotopic (exact) mass is 431 g/mol. The summed E-state index contributed by atoms with van der Waals surface area (Å²) >= 11 is 0. The van der Waals surface area contributed by atoms with E-state index in [1.54, 1.807) is 0 Å². The van der Waals surface area contributed by atoms with Crippen LogP contribution in [0.15, 0.2) is 0 Å². The van der Waals surface area contributed by atoms with Gasteiger partial charge in [-0.3, -0.25) is 14.7 Å². The lowest BCUT2D eigenvalue weighted by molar-refractivity contribution is 0.125. The summed E-state index contributed by atoms with van der Waals surface area (Å²) in [7, 11) is 0. The van der Waals surface area contributed by atoms with Gasteiger partial charge in [-0.25, -0.2) is 0 Å². The van der Waals surface area contributed by atoms with Crippen LogP contribution < -0.4 is 10.6 Å². The van der Waals surface area contributed by atoms with Crippen LogP contribution in [-0.4, -0.2) is 97.3 Å². The van der Waals surface area contributed by atoms with Gasteiger partial charge in [-0.05, 0) is 68.2 Å². The van der Waals surface area contributed by atoms with Crippen molar-refractivity contribution in [2.45, 2.75) is 112 Å². The zero-order valence-electron chi connectivity index (χ0n) is 22.3. The van der Waals surface area contributed by atoms with Crippen LogP contribution >= 0.6 is 0 Å². The van der Waals surface area contributed by atoms with Crippen LogP contribution in [0.5, 0.6) is 0 Å². The second kappa shape index (κ2) is 17.4. The molecule has 186 valence electrons. The number of hydrogen-bond donors (Lipinski definition) is 2. The molecule has 0 saturated carbocycles. The van der Waals surface area contributed by atoms with E-state index in [9.17, 15) is 0 Å². The number of nitrogens with one attached hydrogen (secondary N) is 2. The van der Waals surface area contributed by atoms with Gasteiger partial charge >= 0.3 is 0 Å². The first kappa shape index (κ1) is 29.8. The van der Waals surface area contributed by atoms with Crippen LogP contribution in [0.1, 0.15) is 84.9 Å². The molecule has 5 nitrogen and oxygen atoms in total. The van der Waals surface area contributed by atoms with Crippen molar-refractivity contribution in [2.75, 3.05) is 52.4 Å². The molecule has 0 aromatic heterocycles. The summed E-state index contributed by atoms with van der Waals surface area (Å²) in [6.45, 7) is 32.0. The molecule has 2 unspecified atom stereocenters. The van der Waals surface area contributed by atoms with Gasteiger partial charge in [-0.1, -0.05) is 13.8 Å². The first-order valence-corrected chi connectivity index (χ1v) is 12.8. The van der Waals surface area contributed by atoms with Crippen molar-refractivity contribution in [1.29, 1.82) is 0 Å². The molecule has 0 aliphatic rings. The maximum atomic E-state index is 3.64. The Balaban J connectivity index is -0.00000420. The van der Waals surface area contributed by atoms with Gasteiger partial charge in [-0.2, -0.15) is 0 Å². The smallest absolute Gasteiger partial charge is 0.0115 e. The van der Waals surface area contributed by atoms with E-state index < -0.39 is 0 Å². The molecule has 0 spiro atoms. The summed E-state index contributed by atoms with van der Waals surface area (Å²) in [5, 5.41) is 7.25. The largest absolute Gasteiger partial charge is 0.314 e. The van der Waals surface area contributed by atoms with Gasteiger partial charge in [0, 0.05) is 85.4 Å². The molecular weight excluding hydrogens is 370 g/mol. The van der Waals surface area contributed by atoms with Crippen LogP contribution in [0.25, 0.3) is 0 Å². The highest BCUT2D eigenvalue weighted by molar-refractivity contribution is 4.74. The number of rotatable bonds is 19. The normalized spacial score (nSPS) is 14.8. The average molecular weight is 432 g/mol. The summed E-state index contributed by atoms with van der Waals surface area (Å²) < 4.78 is 0. The molecule has 2 atom stereocenters. The zero-order valence-corrected chi connectivity index (χ0v) is 22.3. The van der Waals surface area contributed by atoms with Crippen LogP contribution in [-0.2, 0) is 0 Å². The molecule has 0 amide bonds. The van der Waals surface area contributed by atoms with Gasteiger partial charge in [-0.15, -0.1) is 0 Å². The molecule has 0 saturated heterocycles. The minimum atomic E-state index is 0. The van der Waals surface area contributed by atoms with E-state index in [1.807, 2.05) is 0 Å². The predicted octanol–water partition coefficient (Wildman–Crippen LogP) is 4.39. The van der Waals surface area contributed by atoms with Crippen molar-refractivity contribution in [3.05, 3.63) is 0 Å². The van der Waals surface area contributed by atoms with Crippen molar-refractivity contribution < 1.29 is 2.85 Å². The van der Waals surface area contributed by atoms with Crippen LogP contribution in [0, 0.1) is 0 Å². The molecule has 0 aliphatic heterocycles. The molecule has 0 bridgehead atoms. The molecule has 0 aromatic carbocycles. The lowest BCUT2D eigenvalue weighted by atomic mass is 10.2. The van der Waals surface area contributed by atoms with E-state index >= 15 is 0 Å². The Kier molecular flexibility index (Phi) is 17.3. The Hall–Kier alpha value is -0.200. The summed E-state index contributed by atoms with van der Waals surface area (Å²) in [6, 6.07) is 3.15. The molecule has 0 rings (SSSR count). The molecule has 0 fully saturated rings.